The molecular formula is C14H14ClN3O3S. The Bertz CT molecular complexity index is 812. The SMILES string of the molecule is CS(=O)(=O)/C=C/CNC(=O)c1cc(-c2ccccc2Cl)n[nH]1. The Labute approximate surface area is 133 Å². The number of aromatic nitrogens is 2. The van der Waals surface area contributed by atoms with Crippen molar-refractivity contribution in [2.24, 2.45) is 0 Å². The summed E-state index contributed by atoms with van der Waals surface area (Å²) in [6, 6.07) is 8.75. The Balaban J connectivity index is 2.04. The highest BCUT2D eigenvalue weighted by Crippen LogP contribution is 2.26. The van der Waals surface area contributed by atoms with Crippen LogP contribution < -0.4 is 5.32 Å². The fourth-order valence-electron chi connectivity index (χ4n) is 1.71. The first-order valence-electron chi connectivity index (χ1n) is 6.32. The normalized spacial score (nSPS) is 11.7. The largest absolute Gasteiger partial charge is 0.347 e. The molecule has 0 atom stereocenters. The standard InChI is InChI=1S/C14H14ClN3O3S/c1-22(20,21)8-4-7-16-14(19)13-9-12(17-18-13)10-5-2-3-6-11(10)15/h2-6,8-9H,7H2,1H3,(H,16,19)(H,17,18)/b8-4+. The number of sulfone groups is 1. The molecule has 0 aliphatic carbocycles. The van der Waals surface area contributed by atoms with Crippen LogP contribution in [0.1, 0.15) is 10.5 Å². The third-order valence-corrected chi connectivity index (χ3v) is 3.71. The molecular weight excluding hydrogens is 326 g/mol. The average Bonchev–Trinajstić information content (AvgIpc) is 2.92. The monoisotopic (exact) mass is 339 g/mol. The second kappa shape index (κ2) is 6.76. The van der Waals surface area contributed by atoms with Gasteiger partial charge in [0, 0.05) is 23.8 Å². The summed E-state index contributed by atoms with van der Waals surface area (Å²) in [6.07, 6.45) is 2.44. The Hall–Kier alpha value is -2.12. The van der Waals surface area contributed by atoms with Gasteiger partial charge in [0.2, 0.25) is 0 Å². The lowest BCUT2D eigenvalue weighted by Gasteiger charge is -1.99. The molecule has 0 saturated heterocycles. The van der Waals surface area contributed by atoms with Gasteiger partial charge in [-0.15, -0.1) is 0 Å². The van der Waals surface area contributed by atoms with E-state index in [1.807, 2.05) is 6.07 Å². The summed E-state index contributed by atoms with van der Waals surface area (Å²) in [7, 11) is -3.19. The maximum atomic E-state index is 11.9. The van der Waals surface area contributed by atoms with Crippen LogP contribution in [0.4, 0.5) is 0 Å². The van der Waals surface area contributed by atoms with Crippen LogP contribution in [0.15, 0.2) is 41.8 Å². The van der Waals surface area contributed by atoms with Crippen molar-refractivity contribution in [2.45, 2.75) is 0 Å². The van der Waals surface area contributed by atoms with Crippen molar-refractivity contribution in [1.82, 2.24) is 15.5 Å². The van der Waals surface area contributed by atoms with Gasteiger partial charge in [-0.1, -0.05) is 35.9 Å². The number of nitrogens with zero attached hydrogens (tertiary/aromatic N) is 1. The fraction of sp³-hybridized carbons (Fsp3) is 0.143. The number of amides is 1. The number of carbonyl (C=O) groups is 1. The number of carbonyl (C=O) groups excluding carboxylic acids is 1. The molecule has 1 amide bonds. The van der Waals surface area contributed by atoms with E-state index in [0.717, 1.165) is 17.2 Å². The van der Waals surface area contributed by atoms with Crippen molar-refractivity contribution in [3.05, 3.63) is 52.5 Å². The highest BCUT2D eigenvalue weighted by atomic mass is 35.5. The van der Waals surface area contributed by atoms with E-state index in [9.17, 15) is 13.2 Å². The lowest BCUT2D eigenvalue weighted by Crippen LogP contribution is -2.23. The molecule has 0 unspecified atom stereocenters. The second-order valence-corrected chi connectivity index (χ2v) is 6.90. The summed E-state index contributed by atoms with van der Waals surface area (Å²) in [6.45, 7) is 0.104. The molecule has 1 aromatic heterocycles. The number of rotatable bonds is 5. The van der Waals surface area contributed by atoms with Crippen LogP contribution in [0.3, 0.4) is 0 Å². The third kappa shape index (κ3) is 4.44. The molecule has 116 valence electrons. The van der Waals surface area contributed by atoms with Gasteiger partial charge >= 0.3 is 0 Å². The highest BCUT2D eigenvalue weighted by Gasteiger charge is 2.11. The molecule has 0 aliphatic rings. The van der Waals surface area contributed by atoms with Crippen molar-refractivity contribution in [2.75, 3.05) is 12.8 Å². The van der Waals surface area contributed by atoms with Gasteiger partial charge in [0.15, 0.2) is 9.84 Å². The van der Waals surface area contributed by atoms with Gasteiger partial charge in [-0.2, -0.15) is 5.10 Å². The zero-order valence-corrected chi connectivity index (χ0v) is 13.3. The molecule has 22 heavy (non-hydrogen) atoms. The molecule has 0 saturated carbocycles. The van der Waals surface area contributed by atoms with Gasteiger partial charge in [-0.05, 0) is 12.1 Å². The summed E-state index contributed by atoms with van der Waals surface area (Å²) in [5.41, 5.74) is 1.54. The van der Waals surface area contributed by atoms with Gasteiger partial charge in [0.05, 0.1) is 10.7 Å². The Morgan fingerprint density at radius 3 is 2.82 bits per heavy atom. The number of hydrogen-bond donors (Lipinski definition) is 2. The average molecular weight is 340 g/mol. The van der Waals surface area contributed by atoms with E-state index in [1.54, 1.807) is 24.3 Å². The molecule has 0 radical (unpaired) electrons. The minimum atomic E-state index is -3.19. The predicted octanol–water partition coefficient (Wildman–Crippen LogP) is 2.02. The van der Waals surface area contributed by atoms with Crippen LogP contribution in [0.5, 0.6) is 0 Å². The number of nitrogens with one attached hydrogen (secondary N) is 2. The molecule has 0 spiro atoms. The topological polar surface area (TPSA) is 91.9 Å². The molecule has 6 nitrogen and oxygen atoms in total. The zero-order chi connectivity index (χ0) is 16.2. The quantitative estimate of drug-likeness (QED) is 0.871. The minimum absolute atomic E-state index is 0.104. The van der Waals surface area contributed by atoms with Crippen LogP contribution in [0.2, 0.25) is 5.02 Å². The van der Waals surface area contributed by atoms with Gasteiger partial charge in [0.1, 0.15) is 5.69 Å². The van der Waals surface area contributed by atoms with Crippen LogP contribution in [0, 0.1) is 0 Å². The van der Waals surface area contributed by atoms with E-state index in [1.165, 1.54) is 6.08 Å². The summed E-state index contributed by atoms with van der Waals surface area (Å²) in [5.74, 6) is -0.385. The lowest BCUT2D eigenvalue weighted by atomic mass is 10.1. The molecule has 0 bridgehead atoms. The van der Waals surface area contributed by atoms with Gasteiger partial charge in [-0.25, -0.2) is 8.42 Å². The molecule has 2 N–H and O–H groups in total. The first-order valence-corrected chi connectivity index (χ1v) is 8.65. The molecule has 0 aliphatic heterocycles. The summed E-state index contributed by atoms with van der Waals surface area (Å²) in [5, 5.41) is 10.8. The first kappa shape index (κ1) is 16.3. The number of benzene rings is 1. The predicted molar refractivity (Wildman–Crippen MR) is 85.4 cm³/mol. The third-order valence-electron chi connectivity index (χ3n) is 2.70. The summed E-state index contributed by atoms with van der Waals surface area (Å²) < 4.78 is 21.8. The molecule has 1 heterocycles. The van der Waals surface area contributed by atoms with Crippen molar-refractivity contribution >= 4 is 27.3 Å². The molecule has 8 heteroatoms. The maximum Gasteiger partial charge on any atom is 0.269 e. The number of halogens is 1. The Morgan fingerprint density at radius 1 is 1.41 bits per heavy atom. The number of H-pyrrole nitrogens is 1. The number of hydrogen-bond acceptors (Lipinski definition) is 4. The maximum absolute atomic E-state index is 11.9. The van der Waals surface area contributed by atoms with Crippen molar-refractivity contribution < 1.29 is 13.2 Å². The summed E-state index contributed by atoms with van der Waals surface area (Å²) in [4.78, 5) is 11.9. The van der Waals surface area contributed by atoms with Crippen molar-refractivity contribution in [3.63, 3.8) is 0 Å². The van der Waals surface area contributed by atoms with E-state index in [0.29, 0.717) is 10.7 Å². The van der Waals surface area contributed by atoms with Crippen LogP contribution in [0.25, 0.3) is 11.3 Å². The van der Waals surface area contributed by atoms with Gasteiger partial charge < -0.3 is 5.32 Å². The fourth-order valence-corrected chi connectivity index (χ4v) is 2.39. The van der Waals surface area contributed by atoms with Crippen LogP contribution in [-0.4, -0.2) is 37.3 Å². The Kier molecular flexibility index (Phi) is 4.99. The molecule has 0 fully saturated rings. The van der Waals surface area contributed by atoms with Crippen LogP contribution >= 0.6 is 11.6 Å². The summed E-state index contributed by atoms with van der Waals surface area (Å²) >= 11 is 6.07. The van der Waals surface area contributed by atoms with E-state index in [4.69, 9.17) is 11.6 Å². The Morgan fingerprint density at radius 2 is 2.14 bits per heavy atom. The number of aromatic amines is 1. The van der Waals surface area contributed by atoms with Gasteiger partial charge in [-0.3, -0.25) is 9.89 Å². The molecule has 2 aromatic rings. The van der Waals surface area contributed by atoms with Crippen molar-refractivity contribution in [1.29, 1.82) is 0 Å². The van der Waals surface area contributed by atoms with Gasteiger partial charge in [0.25, 0.3) is 5.91 Å². The smallest absolute Gasteiger partial charge is 0.269 e. The van der Waals surface area contributed by atoms with E-state index in [-0.39, 0.29) is 18.1 Å². The van der Waals surface area contributed by atoms with E-state index >= 15 is 0 Å². The van der Waals surface area contributed by atoms with Crippen LogP contribution in [-0.2, 0) is 9.84 Å². The minimum Gasteiger partial charge on any atom is -0.347 e. The van der Waals surface area contributed by atoms with Crippen molar-refractivity contribution in [3.8, 4) is 11.3 Å². The highest BCUT2D eigenvalue weighted by molar-refractivity contribution is 7.93. The lowest BCUT2D eigenvalue weighted by molar-refractivity contribution is 0.0953. The second-order valence-electron chi connectivity index (χ2n) is 4.56. The van der Waals surface area contributed by atoms with E-state index in [2.05, 4.69) is 15.5 Å². The first-order chi connectivity index (χ1) is 10.4. The van der Waals surface area contributed by atoms with E-state index < -0.39 is 9.84 Å². The molecule has 1 aromatic carbocycles. The molecule has 2 rings (SSSR count). The zero-order valence-electron chi connectivity index (χ0n) is 11.7.